The van der Waals surface area contributed by atoms with Crippen LogP contribution in [-0.4, -0.2) is 61.0 Å². The Morgan fingerprint density at radius 3 is 2.05 bits per heavy atom. The highest BCUT2D eigenvalue weighted by atomic mass is 16.5. The third-order valence-electron chi connectivity index (χ3n) is 3.59. The second kappa shape index (κ2) is 12.6. The third kappa shape index (κ3) is 9.45. The summed E-state index contributed by atoms with van der Waals surface area (Å²) in [6.07, 6.45) is 2.83. The average molecular weight is 300 g/mol. The number of hydrogen-bond acceptors (Lipinski definition) is 4. The van der Waals surface area contributed by atoms with Crippen molar-refractivity contribution in [2.75, 3.05) is 39.3 Å². The van der Waals surface area contributed by atoms with Crippen LogP contribution in [0.25, 0.3) is 0 Å². The molecule has 0 heterocycles. The molecule has 0 radical (unpaired) electrons. The molecule has 0 spiro atoms. The Morgan fingerprint density at radius 2 is 1.52 bits per heavy atom. The van der Waals surface area contributed by atoms with E-state index in [1.807, 2.05) is 6.92 Å². The van der Waals surface area contributed by atoms with E-state index in [4.69, 9.17) is 4.74 Å². The summed E-state index contributed by atoms with van der Waals surface area (Å²) in [4.78, 5) is 27.4. The summed E-state index contributed by atoms with van der Waals surface area (Å²) in [6.45, 7) is 12.8. The lowest BCUT2D eigenvalue weighted by molar-refractivity contribution is -0.144. The fourth-order valence-electron chi connectivity index (χ4n) is 2.22. The zero-order valence-electron chi connectivity index (χ0n) is 14.2. The number of rotatable bonds is 12. The zero-order valence-corrected chi connectivity index (χ0v) is 14.2. The zero-order chi connectivity index (χ0) is 16.1. The lowest BCUT2D eigenvalue weighted by Gasteiger charge is -2.23. The second-order valence-electron chi connectivity index (χ2n) is 5.02. The number of unbranched alkanes of at least 4 members (excludes halogenated alkanes) is 1. The number of hydrogen-bond donors (Lipinski definition) is 0. The van der Waals surface area contributed by atoms with Gasteiger partial charge in [-0.1, -0.05) is 20.8 Å². The van der Waals surface area contributed by atoms with Crippen molar-refractivity contribution >= 4 is 11.9 Å². The van der Waals surface area contributed by atoms with Gasteiger partial charge < -0.3 is 14.5 Å². The van der Waals surface area contributed by atoms with Crippen LogP contribution >= 0.6 is 0 Å². The Labute approximate surface area is 129 Å². The van der Waals surface area contributed by atoms with Gasteiger partial charge in [-0.25, -0.2) is 0 Å². The molecule has 0 saturated carbocycles. The maximum atomic E-state index is 11.9. The highest BCUT2D eigenvalue weighted by Gasteiger charge is 2.13. The van der Waals surface area contributed by atoms with Crippen molar-refractivity contribution in [3.05, 3.63) is 0 Å². The maximum Gasteiger partial charge on any atom is 0.307 e. The summed E-state index contributed by atoms with van der Waals surface area (Å²) >= 11 is 0. The molecule has 124 valence electrons. The quantitative estimate of drug-likeness (QED) is 0.410. The summed E-state index contributed by atoms with van der Waals surface area (Å²) in [5.41, 5.74) is 0. The Bertz CT molecular complexity index is 291. The predicted octanol–water partition coefficient (Wildman–Crippen LogP) is 2.30. The Balaban J connectivity index is 4.07. The van der Waals surface area contributed by atoms with Gasteiger partial charge in [0.1, 0.15) is 0 Å². The lowest BCUT2D eigenvalue weighted by atomic mass is 10.2. The van der Waals surface area contributed by atoms with E-state index in [0.717, 1.165) is 39.0 Å². The van der Waals surface area contributed by atoms with Crippen LogP contribution in [0.4, 0.5) is 0 Å². The van der Waals surface area contributed by atoms with Gasteiger partial charge in [0.15, 0.2) is 0 Å². The SMILES string of the molecule is CCOC(=O)CCN(CCCCN(CC)CC)C(=O)CC. The van der Waals surface area contributed by atoms with E-state index in [1.165, 1.54) is 0 Å². The van der Waals surface area contributed by atoms with Gasteiger partial charge in [0.2, 0.25) is 5.91 Å². The van der Waals surface area contributed by atoms with Gasteiger partial charge in [0.05, 0.1) is 13.0 Å². The van der Waals surface area contributed by atoms with Crippen LogP contribution in [0.5, 0.6) is 0 Å². The molecule has 0 saturated heterocycles. The Hall–Kier alpha value is -1.10. The predicted molar refractivity (Wildman–Crippen MR) is 85.1 cm³/mol. The maximum absolute atomic E-state index is 11.9. The van der Waals surface area contributed by atoms with E-state index in [0.29, 0.717) is 19.6 Å². The van der Waals surface area contributed by atoms with Crippen molar-refractivity contribution in [1.29, 1.82) is 0 Å². The van der Waals surface area contributed by atoms with Gasteiger partial charge in [-0.05, 0) is 39.4 Å². The molecule has 5 heteroatoms. The monoisotopic (exact) mass is 300 g/mol. The molecule has 0 fully saturated rings. The molecule has 0 aliphatic carbocycles. The smallest absolute Gasteiger partial charge is 0.307 e. The minimum atomic E-state index is -0.227. The van der Waals surface area contributed by atoms with E-state index >= 15 is 0 Å². The molecule has 0 N–H and O–H groups in total. The summed E-state index contributed by atoms with van der Waals surface area (Å²) < 4.78 is 4.91. The van der Waals surface area contributed by atoms with Crippen LogP contribution in [-0.2, 0) is 14.3 Å². The summed E-state index contributed by atoms with van der Waals surface area (Å²) in [5.74, 6) is -0.114. The molecule has 21 heavy (non-hydrogen) atoms. The summed E-state index contributed by atoms with van der Waals surface area (Å²) in [5, 5.41) is 0. The molecular weight excluding hydrogens is 268 g/mol. The van der Waals surface area contributed by atoms with Crippen LogP contribution in [0.1, 0.15) is 53.4 Å². The van der Waals surface area contributed by atoms with E-state index in [2.05, 4.69) is 18.7 Å². The first-order chi connectivity index (χ1) is 10.1. The molecule has 1 amide bonds. The fraction of sp³-hybridized carbons (Fsp3) is 0.875. The molecule has 0 aromatic heterocycles. The molecule has 5 nitrogen and oxygen atoms in total. The molecule has 0 bridgehead atoms. The molecule has 0 aliphatic rings. The Morgan fingerprint density at radius 1 is 0.905 bits per heavy atom. The number of esters is 1. The molecule has 0 aromatic carbocycles. The first kappa shape index (κ1) is 19.9. The van der Waals surface area contributed by atoms with Crippen molar-refractivity contribution in [3.8, 4) is 0 Å². The van der Waals surface area contributed by atoms with E-state index in [9.17, 15) is 9.59 Å². The van der Waals surface area contributed by atoms with E-state index < -0.39 is 0 Å². The number of carbonyl (C=O) groups excluding carboxylic acids is 2. The van der Waals surface area contributed by atoms with E-state index in [1.54, 1.807) is 11.8 Å². The Kier molecular flexibility index (Phi) is 12.0. The van der Waals surface area contributed by atoms with Crippen LogP contribution < -0.4 is 0 Å². The van der Waals surface area contributed by atoms with Crippen LogP contribution in [0, 0.1) is 0 Å². The van der Waals surface area contributed by atoms with Gasteiger partial charge in [-0.15, -0.1) is 0 Å². The number of ether oxygens (including phenoxy) is 1. The average Bonchev–Trinajstić information content (AvgIpc) is 2.49. The number of amides is 1. The molecule has 0 atom stereocenters. The van der Waals surface area contributed by atoms with Crippen molar-refractivity contribution < 1.29 is 14.3 Å². The standard InChI is InChI=1S/C16H32N2O3/c1-5-15(19)18(14-11-16(20)21-8-4)13-10-9-12-17(6-2)7-3/h5-14H2,1-4H3. The summed E-state index contributed by atoms with van der Waals surface area (Å²) in [7, 11) is 0. The third-order valence-corrected chi connectivity index (χ3v) is 3.59. The van der Waals surface area contributed by atoms with Gasteiger partial charge in [0, 0.05) is 19.5 Å². The molecule has 0 aliphatic heterocycles. The first-order valence-electron chi connectivity index (χ1n) is 8.24. The number of carbonyl (C=O) groups is 2. The van der Waals surface area contributed by atoms with Crippen LogP contribution in [0.2, 0.25) is 0 Å². The first-order valence-corrected chi connectivity index (χ1v) is 8.24. The highest BCUT2D eigenvalue weighted by Crippen LogP contribution is 2.03. The highest BCUT2D eigenvalue weighted by molar-refractivity contribution is 5.77. The summed E-state index contributed by atoms with van der Waals surface area (Å²) in [6, 6.07) is 0. The van der Waals surface area contributed by atoms with Crippen molar-refractivity contribution in [2.24, 2.45) is 0 Å². The number of nitrogens with zero attached hydrogens (tertiary/aromatic N) is 2. The van der Waals surface area contributed by atoms with Crippen molar-refractivity contribution in [3.63, 3.8) is 0 Å². The molecular formula is C16H32N2O3. The largest absolute Gasteiger partial charge is 0.466 e. The molecule has 0 rings (SSSR count). The van der Waals surface area contributed by atoms with Gasteiger partial charge >= 0.3 is 5.97 Å². The van der Waals surface area contributed by atoms with Gasteiger partial charge in [0.25, 0.3) is 0 Å². The normalized spacial score (nSPS) is 10.7. The minimum absolute atomic E-state index is 0.113. The molecule has 0 aromatic rings. The lowest BCUT2D eigenvalue weighted by Crippen LogP contribution is -2.34. The topological polar surface area (TPSA) is 49.9 Å². The fourth-order valence-corrected chi connectivity index (χ4v) is 2.22. The van der Waals surface area contributed by atoms with Gasteiger partial charge in [-0.2, -0.15) is 0 Å². The van der Waals surface area contributed by atoms with Crippen LogP contribution in [0.3, 0.4) is 0 Å². The van der Waals surface area contributed by atoms with Gasteiger partial charge in [-0.3, -0.25) is 9.59 Å². The van der Waals surface area contributed by atoms with Crippen molar-refractivity contribution in [2.45, 2.75) is 53.4 Å². The van der Waals surface area contributed by atoms with E-state index in [-0.39, 0.29) is 18.3 Å². The van der Waals surface area contributed by atoms with Crippen LogP contribution in [0.15, 0.2) is 0 Å². The minimum Gasteiger partial charge on any atom is -0.466 e. The second-order valence-corrected chi connectivity index (χ2v) is 5.02. The molecule has 0 unspecified atom stereocenters. The van der Waals surface area contributed by atoms with Crippen molar-refractivity contribution in [1.82, 2.24) is 9.80 Å².